The molecule has 1 aliphatic rings. The first-order chi connectivity index (χ1) is 9.74. The highest BCUT2D eigenvalue weighted by Crippen LogP contribution is 2.40. The number of benzene rings is 1. The fourth-order valence-electron chi connectivity index (χ4n) is 2.07. The monoisotopic (exact) mass is 340 g/mol. The van der Waals surface area contributed by atoms with Crippen LogP contribution in [-0.4, -0.2) is 22.3 Å². The fourth-order valence-corrected chi connectivity index (χ4v) is 4.83. The lowest BCUT2D eigenvalue weighted by molar-refractivity contribution is 0.462. The number of hydrogen-bond donors (Lipinski definition) is 1. The van der Waals surface area contributed by atoms with E-state index in [9.17, 15) is 0 Å². The van der Waals surface area contributed by atoms with E-state index in [1.165, 1.54) is 4.88 Å². The van der Waals surface area contributed by atoms with Gasteiger partial charge in [0, 0.05) is 27.9 Å². The summed E-state index contributed by atoms with van der Waals surface area (Å²) < 4.78 is 0. The Bertz CT molecular complexity index is 583. The number of thiophene rings is 1. The van der Waals surface area contributed by atoms with Crippen molar-refractivity contribution in [2.45, 2.75) is 5.37 Å². The van der Waals surface area contributed by atoms with Crippen LogP contribution in [0.4, 0.5) is 5.69 Å². The Kier molecular flexibility index (Phi) is 4.51. The van der Waals surface area contributed by atoms with Gasteiger partial charge in [-0.25, -0.2) is 0 Å². The third-order valence-corrected chi connectivity index (χ3v) is 5.94. The Balaban J connectivity index is 1.71. The average Bonchev–Trinajstić information content (AvgIpc) is 3.11. The molecule has 2 aromatic rings. The molecule has 1 fully saturated rings. The Hall–Kier alpha value is -0.750. The molecular formula is C14H13ClN2S3. The molecule has 2 nitrogen and oxygen atoms in total. The number of nitrogens with zero attached hydrogens (tertiary/aromatic N) is 1. The zero-order chi connectivity index (χ0) is 13.9. The normalized spacial score (nSPS) is 18.2. The molecule has 0 amide bonds. The van der Waals surface area contributed by atoms with Crippen LogP contribution in [0.1, 0.15) is 10.3 Å². The number of nitrogens with one attached hydrogen (secondary N) is 1. The molecule has 20 heavy (non-hydrogen) atoms. The van der Waals surface area contributed by atoms with Gasteiger partial charge in [-0.3, -0.25) is 0 Å². The Morgan fingerprint density at radius 1 is 1.30 bits per heavy atom. The summed E-state index contributed by atoms with van der Waals surface area (Å²) in [5, 5.41) is 7.25. The largest absolute Gasteiger partial charge is 0.333 e. The molecule has 0 bridgehead atoms. The minimum absolute atomic E-state index is 0.335. The molecule has 1 aliphatic heterocycles. The molecule has 0 aliphatic carbocycles. The summed E-state index contributed by atoms with van der Waals surface area (Å²) in [6.45, 7) is 0.979. The maximum absolute atomic E-state index is 5.89. The van der Waals surface area contributed by atoms with Gasteiger partial charge in [0.05, 0.1) is 0 Å². The van der Waals surface area contributed by atoms with Crippen LogP contribution in [0, 0.1) is 0 Å². The van der Waals surface area contributed by atoms with Gasteiger partial charge in [-0.1, -0.05) is 17.7 Å². The van der Waals surface area contributed by atoms with Gasteiger partial charge in [0.2, 0.25) is 0 Å². The van der Waals surface area contributed by atoms with Crippen molar-refractivity contribution < 1.29 is 0 Å². The molecule has 1 saturated heterocycles. The minimum Gasteiger partial charge on any atom is -0.333 e. The molecule has 0 spiro atoms. The molecule has 3 rings (SSSR count). The van der Waals surface area contributed by atoms with Crippen molar-refractivity contribution >= 4 is 57.7 Å². The van der Waals surface area contributed by atoms with Crippen LogP contribution in [0.2, 0.25) is 5.02 Å². The Morgan fingerprint density at radius 2 is 2.10 bits per heavy atom. The standard InChI is InChI=1S/C14H13ClN2S3/c15-10-3-5-11(6-4-10)16-14(18)17-7-9-20-13(17)12-2-1-8-19-12/h1-6,8,13H,7,9H2,(H,16,18). The summed E-state index contributed by atoms with van der Waals surface area (Å²) in [4.78, 5) is 3.60. The molecular weight excluding hydrogens is 328 g/mol. The lowest BCUT2D eigenvalue weighted by Gasteiger charge is -2.26. The first kappa shape index (κ1) is 14.2. The summed E-state index contributed by atoms with van der Waals surface area (Å²) in [5.74, 6) is 1.10. The average molecular weight is 341 g/mol. The molecule has 1 aromatic heterocycles. The van der Waals surface area contributed by atoms with Gasteiger partial charge in [0.25, 0.3) is 0 Å². The van der Waals surface area contributed by atoms with Gasteiger partial charge in [0.15, 0.2) is 5.11 Å². The van der Waals surface area contributed by atoms with Crippen LogP contribution >= 0.6 is 46.9 Å². The molecule has 104 valence electrons. The molecule has 1 atom stereocenters. The first-order valence-electron chi connectivity index (χ1n) is 6.22. The van der Waals surface area contributed by atoms with Crippen molar-refractivity contribution in [3.63, 3.8) is 0 Å². The van der Waals surface area contributed by atoms with Crippen molar-refractivity contribution in [3.8, 4) is 0 Å². The maximum atomic E-state index is 5.89. The van der Waals surface area contributed by atoms with Crippen LogP contribution in [0.3, 0.4) is 0 Å². The molecule has 2 heterocycles. The Labute approximate surface area is 137 Å². The molecule has 1 N–H and O–H groups in total. The zero-order valence-corrected chi connectivity index (χ0v) is 13.8. The Morgan fingerprint density at radius 3 is 2.80 bits per heavy atom. The highest BCUT2D eigenvalue weighted by molar-refractivity contribution is 7.99. The number of halogens is 1. The lowest BCUT2D eigenvalue weighted by Crippen LogP contribution is -2.33. The van der Waals surface area contributed by atoms with Crippen LogP contribution in [0.25, 0.3) is 0 Å². The predicted octanol–water partition coefficient (Wildman–Crippen LogP) is 4.85. The fraction of sp³-hybridized carbons (Fsp3) is 0.214. The van der Waals surface area contributed by atoms with Gasteiger partial charge in [-0.15, -0.1) is 23.1 Å². The lowest BCUT2D eigenvalue weighted by atomic mass is 10.3. The van der Waals surface area contributed by atoms with Crippen molar-refractivity contribution in [1.82, 2.24) is 4.90 Å². The summed E-state index contributed by atoms with van der Waals surface area (Å²) in [6, 6.07) is 11.9. The quantitative estimate of drug-likeness (QED) is 0.786. The number of rotatable bonds is 2. The molecule has 1 aromatic carbocycles. The highest BCUT2D eigenvalue weighted by Gasteiger charge is 2.29. The number of thioether (sulfide) groups is 1. The summed E-state index contributed by atoms with van der Waals surface area (Å²) >= 11 is 15.2. The first-order valence-corrected chi connectivity index (χ1v) is 8.94. The zero-order valence-electron chi connectivity index (χ0n) is 10.6. The van der Waals surface area contributed by atoms with E-state index in [0.29, 0.717) is 5.37 Å². The van der Waals surface area contributed by atoms with E-state index in [-0.39, 0.29) is 0 Å². The molecule has 6 heteroatoms. The van der Waals surface area contributed by atoms with E-state index in [0.717, 1.165) is 28.1 Å². The van der Waals surface area contributed by atoms with Crippen LogP contribution in [0.15, 0.2) is 41.8 Å². The topological polar surface area (TPSA) is 15.3 Å². The van der Waals surface area contributed by atoms with Crippen LogP contribution in [0.5, 0.6) is 0 Å². The van der Waals surface area contributed by atoms with Gasteiger partial charge < -0.3 is 10.2 Å². The van der Waals surface area contributed by atoms with Gasteiger partial charge in [0.1, 0.15) is 5.37 Å². The van der Waals surface area contributed by atoms with Gasteiger partial charge in [-0.05, 0) is 47.9 Å². The highest BCUT2D eigenvalue weighted by atomic mass is 35.5. The van der Waals surface area contributed by atoms with E-state index in [4.69, 9.17) is 23.8 Å². The third-order valence-electron chi connectivity index (χ3n) is 3.03. The number of anilines is 1. The van der Waals surface area contributed by atoms with E-state index in [1.807, 2.05) is 36.0 Å². The van der Waals surface area contributed by atoms with Crippen LogP contribution in [-0.2, 0) is 0 Å². The van der Waals surface area contributed by atoms with Crippen molar-refractivity contribution in [2.75, 3.05) is 17.6 Å². The number of hydrogen-bond acceptors (Lipinski definition) is 3. The van der Waals surface area contributed by atoms with E-state index < -0.39 is 0 Å². The SMILES string of the molecule is S=C(Nc1ccc(Cl)cc1)N1CCSC1c1cccs1. The minimum atomic E-state index is 0.335. The molecule has 0 radical (unpaired) electrons. The van der Waals surface area contributed by atoms with Gasteiger partial charge >= 0.3 is 0 Å². The summed E-state index contributed by atoms with van der Waals surface area (Å²) in [7, 11) is 0. The summed E-state index contributed by atoms with van der Waals surface area (Å²) in [5.41, 5.74) is 0.973. The second-order valence-electron chi connectivity index (χ2n) is 4.37. The molecule has 1 unspecified atom stereocenters. The second kappa shape index (κ2) is 6.35. The van der Waals surface area contributed by atoms with Crippen molar-refractivity contribution in [3.05, 3.63) is 51.7 Å². The van der Waals surface area contributed by atoms with Crippen LogP contribution < -0.4 is 5.32 Å². The van der Waals surface area contributed by atoms with E-state index >= 15 is 0 Å². The number of thiocarbonyl (C=S) groups is 1. The van der Waals surface area contributed by atoms with E-state index in [1.54, 1.807) is 11.3 Å². The smallest absolute Gasteiger partial charge is 0.174 e. The third kappa shape index (κ3) is 3.11. The van der Waals surface area contributed by atoms with Crippen molar-refractivity contribution in [2.24, 2.45) is 0 Å². The second-order valence-corrected chi connectivity index (χ2v) is 7.36. The predicted molar refractivity (Wildman–Crippen MR) is 93.9 cm³/mol. The van der Waals surface area contributed by atoms with Gasteiger partial charge in [-0.2, -0.15) is 0 Å². The van der Waals surface area contributed by atoms with Crippen molar-refractivity contribution in [1.29, 1.82) is 0 Å². The maximum Gasteiger partial charge on any atom is 0.174 e. The molecule has 0 saturated carbocycles. The summed E-state index contributed by atoms with van der Waals surface area (Å²) in [6.07, 6.45) is 0. The van der Waals surface area contributed by atoms with E-state index in [2.05, 4.69) is 27.7 Å².